The SMILES string of the molecule is CC#CCCC(NCCC)C1CN2CCCC2CO1. The van der Waals surface area contributed by atoms with Gasteiger partial charge in [-0.05, 0) is 45.7 Å². The van der Waals surface area contributed by atoms with Crippen LogP contribution in [0.3, 0.4) is 0 Å². The van der Waals surface area contributed by atoms with E-state index in [1.54, 1.807) is 0 Å². The minimum absolute atomic E-state index is 0.347. The number of fused-ring (bicyclic) bond motifs is 1. The Morgan fingerprint density at radius 2 is 2.37 bits per heavy atom. The molecule has 0 saturated carbocycles. The van der Waals surface area contributed by atoms with E-state index in [2.05, 4.69) is 29.0 Å². The van der Waals surface area contributed by atoms with Crippen molar-refractivity contribution in [2.45, 2.75) is 64.1 Å². The molecule has 0 bridgehead atoms. The summed E-state index contributed by atoms with van der Waals surface area (Å²) in [7, 11) is 0. The van der Waals surface area contributed by atoms with Crippen molar-refractivity contribution in [3.63, 3.8) is 0 Å². The van der Waals surface area contributed by atoms with E-state index in [4.69, 9.17) is 4.74 Å². The number of nitrogens with zero attached hydrogens (tertiary/aromatic N) is 1. The highest BCUT2D eigenvalue weighted by molar-refractivity contribution is 4.97. The molecule has 3 nitrogen and oxygen atoms in total. The van der Waals surface area contributed by atoms with Crippen LogP contribution in [-0.4, -0.2) is 49.3 Å². The maximum Gasteiger partial charge on any atom is 0.0855 e. The first-order chi connectivity index (χ1) is 9.35. The second-order valence-electron chi connectivity index (χ2n) is 5.69. The molecule has 0 amide bonds. The molecule has 2 aliphatic rings. The smallest absolute Gasteiger partial charge is 0.0855 e. The highest BCUT2D eigenvalue weighted by Gasteiger charge is 2.35. The summed E-state index contributed by atoms with van der Waals surface area (Å²) in [6, 6.07) is 1.15. The number of ether oxygens (including phenoxy) is 1. The molecular weight excluding hydrogens is 236 g/mol. The third-order valence-electron chi connectivity index (χ3n) is 4.28. The van der Waals surface area contributed by atoms with Gasteiger partial charge in [0.2, 0.25) is 0 Å². The van der Waals surface area contributed by atoms with E-state index < -0.39 is 0 Å². The number of hydrogen-bond acceptors (Lipinski definition) is 3. The monoisotopic (exact) mass is 264 g/mol. The van der Waals surface area contributed by atoms with Gasteiger partial charge >= 0.3 is 0 Å². The third kappa shape index (κ3) is 4.21. The van der Waals surface area contributed by atoms with Crippen LogP contribution in [0.15, 0.2) is 0 Å². The molecular formula is C16H28N2O. The second kappa shape index (κ2) is 7.89. The molecule has 0 aromatic rings. The predicted octanol–water partition coefficient (Wildman–Crippen LogP) is 2.02. The van der Waals surface area contributed by atoms with Crippen molar-refractivity contribution >= 4 is 0 Å². The van der Waals surface area contributed by atoms with Crippen LogP contribution in [0.2, 0.25) is 0 Å². The standard InChI is InChI=1S/C16H28N2O/c1-3-5-6-9-15(17-10-4-2)16-12-18-11-7-8-14(18)13-19-16/h14-17H,4,6-13H2,1-2H3. The molecule has 3 unspecified atom stereocenters. The number of hydrogen-bond donors (Lipinski definition) is 1. The Kier molecular flexibility index (Phi) is 6.16. The molecule has 2 saturated heterocycles. The number of nitrogens with one attached hydrogen (secondary N) is 1. The highest BCUT2D eigenvalue weighted by Crippen LogP contribution is 2.24. The van der Waals surface area contributed by atoms with Gasteiger partial charge in [0.25, 0.3) is 0 Å². The van der Waals surface area contributed by atoms with E-state index in [9.17, 15) is 0 Å². The third-order valence-corrected chi connectivity index (χ3v) is 4.28. The van der Waals surface area contributed by atoms with Gasteiger partial charge < -0.3 is 10.1 Å². The summed E-state index contributed by atoms with van der Waals surface area (Å²) in [5.41, 5.74) is 0. The van der Waals surface area contributed by atoms with Gasteiger partial charge in [0.05, 0.1) is 12.7 Å². The highest BCUT2D eigenvalue weighted by atomic mass is 16.5. The maximum absolute atomic E-state index is 6.13. The fourth-order valence-corrected chi connectivity index (χ4v) is 3.19. The zero-order chi connectivity index (χ0) is 13.5. The van der Waals surface area contributed by atoms with Crippen molar-refractivity contribution < 1.29 is 4.74 Å². The molecule has 0 radical (unpaired) electrons. The van der Waals surface area contributed by atoms with Gasteiger partial charge in [-0.25, -0.2) is 0 Å². The van der Waals surface area contributed by atoms with Crippen LogP contribution in [0.25, 0.3) is 0 Å². The van der Waals surface area contributed by atoms with E-state index in [0.717, 1.165) is 32.5 Å². The van der Waals surface area contributed by atoms with Crippen LogP contribution >= 0.6 is 0 Å². The molecule has 3 heteroatoms. The fourth-order valence-electron chi connectivity index (χ4n) is 3.19. The van der Waals surface area contributed by atoms with Crippen molar-refractivity contribution in [3.8, 4) is 11.8 Å². The van der Waals surface area contributed by atoms with E-state index in [0.29, 0.717) is 18.2 Å². The van der Waals surface area contributed by atoms with E-state index in [1.807, 2.05) is 6.92 Å². The lowest BCUT2D eigenvalue weighted by Crippen LogP contribution is -2.54. The second-order valence-corrected chi connectivity index (χ2v) is 5.69. The average molecular weight is 264 g/mol. The Bertz CT molecular complexity index is 320. The maximum atomic E-state index is 6.13. The summed E-state index contributed by atoms with van der Waals surface area (Å²) in [6.07, 6.45) is 6.26. The van der Waals surface area contributed by atoms with Gasteiger partial charge in [0.1, 0.15) is 0 Å². The van der Waals surface area contributed by atoms with Crippen LogP contribution < -0.4 is 5.32 Å². The minimum atomic E-state index is 0.347. The van der Waals surface area contributed by atoms with E-state index in [-0.39, 0.29) is 0 Å². The Hall–Kier alpha value is -0.560. The first-order valence-corrected chi connectivity index (χ1v) is 7.83. The molecule has 0 aliphatic carbocycles. The van der Waals surface area contributed by atoms with Crippen LogP contribution in [0, 0.1) is 11.8 Å². The molecule has 0 spiro atoms. The van der Waals surface area contributed by atoms with Crippen molar-refractivity contribution in [1.29, 1.82) is 0 Å². The lowest BCUT2D eigenvalue weighted by atomic mass is 10.0. The normalized spacial score (nSPS) is 28.5. The minimum Gasteiger partial charge on any atom is -0.374 e. The van der Waals surface area contributed by atoms with Crippen LogP contribution in [-0.2, 0) is 4.74 Å². The Morgan fingerprint density at radius 3 is 3.16 bits per heavy atom. The van der Waals surface area contributed by atoms with Crippen LogP contribution in [0.1, 0.15) is 46.0 Å². The van der Waals surface area contributed by atoms with Crippen molar-refractivity contribution in [3.05, 3.63) is 0 Å². The number of rotatable bonds is 6. The van der Waals surface area contributed by atoms with Gasteiger partial charge in [0, 0.05) is 25.0 Å². The largest absolute Gasteiger partial charge is 0.374 e. The Balaban J connectivity index is 1.86. The van der Waals surface area contributed by atoms with Gasteiger partial charge in [0.15, 0.2) is 0 Å². The zero-order valence-corrected chi connectivity index (χ0v) is 12.5. The molecule has 2 heterocycles. The molecule has 2 rings (SSSR count). The van der Waals surface area contributed by atoms with Gasteiger partial charge in [-0.1, -0.05) is 6.92 Å². The summed E-state index contributed by atoms with van der Waals surface area (Å²) < 4.78 is 6.13. The fraction of sp³-hybridized carbons (Fsp3) is 0.875. The molecule has 1 N–H and O–H groups in total. The summed E-state index contributed by atoms with van der Waals surface area (Å²) in [6.45, 7) is 8.50. The van der Waals surface area contributed by atoms with E-state index >= 15 is 0 Å². The average Bonchev–Trinajstić information content (AvgIpc) is 2.90. The topological polar surface area (TPSA) is 24.5 Å². The molecule has 19 heavy (non-hydrogen) atoms. The van der Waals surface area contributed by atoms with Crippen molar-refractivity contribution in [2.75, 3.05) is 26.2 Å². The van der Waals surface area contributed by atoms with Gasteiger partial charge in [-0.2, -0.15) is 0 Å². The summed E-state index contributed by atoms with van der Waals surface area (Å²) in [5.74, 6) is 6.17. The van der Waals surface area contributed by atoms with Gasteiger partial charge in [-0.3, -0.25) is 4.90 Å². The van der Waals surface area contributed by atoms with Crippen LogP contribution in [0.4, 0.5) is 0 Å². The molecule has 108 valence electrons. The summed E-state index contributed by atoms with van der Waals surface area (Å²) in [4.78, 5) is 2.63. The first-order valence-electron chi connectivity index (χ1n) is 7.83. The predicted molar refractivity (Wildman–Crippen MR) is 79.1 cm³/mol. The van der Waals surface area contributed by atoms with Gasteiger partial charge in [-0.15, -0.1) is 11.8 Å². The van der Waals surface area contributed by atoms with Crippen molar-refractivity contribution in [2.24, 2.45) is 0 Å². The molecule has 0 aromatic heterocycles. The molecule has 2 fully saturated rings. The zero-order valence-electron chi connectivity index (χ0n) is 12.5. The quantitative estimate of drug-likeness (QED) is 0.743. The molecule has 3 atom stereocenters. The lowest BCUT2D eigenvalue weighted by molar-refractivity contribution is -0.0653. The lowest BCUT2D eigenvalue weighted by Gasteiger charge is -2.39. The first kappa shape index (κ1) is 14.8. The molecule has 2 aliphatic heterocycles. The Morgan fingerprint density at radius 1 is 1.47 bits per heavy atom. The van der Waals surface area contributed by atoms with Crippen molar-refractivity contribution in [1.82, 2.24) is 10.2 Å². The summed E-state index contributed by atoms with van der Waals surface area (Å²) in [5, 5.41) is 3.66. The molecule has 0 aromatic carbocycles. The van der Waals surface area contributed by atoms with E-state index in [1.165, 1.54) is 25.8 Å². The summed E-state index contributed by atoms with van der Waals surface area (Å²) >= 11 is 0. The Labute approximate surface area is 118 Å². The van der Waals surface area contributed by atoms with Crippen LogP contribution in [0.5, 0.6) is 0 Å². The number of morpholine rings is 1.